The van der Waals surface area contributed by atoms with E-state index in [9.17, 15) is 5.11 Å². The number of pyridine rings is 1. The number of aliphatic hydroxyl groups excluding tert-OH is 1. The number of aromatic nitrogens is 1. The third-order valence-electron chi connectivity index (χ3n) is 2.06. The fraction of sp³-hybridized carbons (Fsp3) is 0.500. The molecule has 15 heavy (non-hydrogen) atoms. The Hall–Kier alpha value is -1.33. The number of nitrogens with zero attached hydrogens (tertiary/aromatic N) is 1. The average molecular weight is 211 g/mol. The van der Waals surface area contributed by atoms with E-state index < -0.39 is 11.6 Å². The maximum Gasteiger partial charge on any atom is 0.166 e. The summed E-state index contributed by atoms with van der Waals surface area (Å²) in [4.78, 5) is 3.86. The lowest BCUT2D eigenvalue weighted by molar-refractivity contribution is 0.0547. The molecule has 0 aromatic carbocycles. The van der Waals surface area contributed by atoms with Gasteiger partial charge in [-0.3, -0.25) is 0 Å². The second-order valence-corrected chi connectivity index (χ2v) is 4.03. The molecule has 0 fully saturated rings. The lowest BCUT2D eigenvalue weighted by atomic mass is 10.00. The predicted octanol–water partition coefficient (Wildman–Crippen LogP) is 0.141. The minimum atomic E-state index is -0.753. The molecule has 5 heteroatoms. The number of nitrogens with two attached hydrogens (primary N) is 2. The van der Waals surface area contributed by atoms with Crippen molar-refractivity contribution in [3.8, 4) is 5.75 Å². The zero-order valence-electron chi connectivity index (χ0n) is 8.97. The molecule has 5 N–H and O–H groups in total. The molecule has 0 spiro atoms. The number of rotatable bonds is 4. The highest BCUT2D eigenvalue weighted by molar-refractivity contribution is 5.44. The highest BCUT2D eigenvalue weighted by atomic mass is 16.5. The quantitative estimate of drug-likeness (QED) is 0.658. The molecule has 1 heterocycles. The van der Waals surface area contributed by atoms with Gasteiger partial charge in [-0.25, -0.2) is 4.98 Å². The molecule has 1 atom stereocenters. The van der Waals surface area contributed by atoms with Crippen molar-refractivity contribution in [2.24, 2.45) is 5.73 Å². The molecular formula is C10H17N3O2. The first kappa shape index (κ1) is 11.7. The van der Waals surface area contributed by atoms with Gasteiger partial charge in [0.05, 0.1) is 0 Å². The predicted molar refractivity (Wildman–Crippen MR) is 58.4 cm³/mol. The third-order valence-corrected chi connectivity index (χ3v) is 2.06. The van der Waals surface area contributed by atoms with Crippen molar-refractivity contribution in [2.45, 2.75) is 25.5 Å². The molecular weight excluding hydrogens is 194 g/mol. The Morgan fingerprint density at radius 3 is 2.80 bits per heavy atom. The molecule has 0 radical (unpaired) electrons. The van der Waals surface area contributed by atoms with Crippen LogP contribution in [0.15, 0.2) is 18.3 Å². The van der Waals surface area contributed by atoms with Gasteiger partial charge in [-0.05, 0) is 26.0 Å². The van der Waals surface area contributed by atoms with Crippen LogP contribution in [0.1, 0.15) is 13.8 Å². The standard InChI is InChI=1S/C10H17N3O2/c1-10(2,12)8(14)6-15-7-4-3-5-13-9(7)11/h3-5,8,14H,6,12H2,1-2H3,(H2,11,13). The van der Waals surface area contributed by atoms with Gasteiger partial charge in [0.25, 0.3) is 0 Å². The van der Waals surface area contributed by atoms with E-state index in [1.165, 1.54) is 0 Å². The molecule has 5 nitrogen and oxygen atoms in total. The normalized spacial score (nSPS) is 13.6. The second-order valence-electron chi connectivity index (χ2n) is 4.03. The number of nitrogen functional groups attached to an aromatic ring is 1. The smallest absolute Gasteiger partial charge is 0.166 e. The van der Waals surface area contributed by atoms with Gasteiger partial charge >= 0.3 is 0 Å². The number of ether oxygens (including phenoxy) is 1. The van der Waals surface area contributed by atoms with Gasteiger partial charge < -0.3 is 21.3 Å². The first-order chi connectivity index (χ1) is 6.91. The van der Waals surface area contributed by atoms with E-state index in [0.29, 0.717) is 11.6 Å². The maximum absolute atomic E-state index is 9.63. The fourth-order valence-corrected chi connectivity index (χ4v) is 0.908. The minimum Gasteiger partial charge on any atom is -0.487 e. The van der Waals surface area contributed by atoms with E-state index in [1.807, 2.05) is 0 Å². The van der Waals surface area contributed by atoms with Crippen LogP contribution in [0.2, 0.25) is 0 Å². The van der Waals surface area contributed by atoms with E-state index in [2.05, 4.69) is 4.98 Å². The zero-order chi connectivity index (χ0) is 11.5. The summed E-state index contributed by atoms with van der Waals surface area (Å²) >= 11 is 0. The summed E-state index contributed by atoms with van der Waals surface area (Å²) in [7, 11) is 0. The zero-order valence-corrected chi connectivity index (χ0v) is 8.97. The molecule has 1 aromatic rings. The van der Waals surface area contributed by atoms with Gasteiger partial charge in [-0.1, -0.05) is 0 Å². The van der Waals surface area contributed by atoms with E-state index in [-0.39, 0.29) is 6.61 Å². The van der Waals surface area contributed by atoms with Gasteiger partial charge in [-0.15, -0.1) is 0 Å². The van der Waals surface area contributed by atoms with Gasteiger partial charge in [0, 0.05) is 11.7 Å². The first-order valence-corrected chi connectivity index (χ1v) is 4.71. The average Bonchev–Trinajstić information content (AvgIpc) is 2.14. The Kier molecular flexibility index (Phi) is 3.49. The topological polar surface area (TPSA) is 94.4 Å². The molecule has 0 bridgehead atoms. The van der Waals surface area contributed by atoms with Crippen LogP contribution in [-0.4, -0.2) is 28.3 Å². The number of hydrogen-bond donors (Lipinski definition) is 3. The fourth-order valence-electron chi connectivity index (χ4n) is 0.908. The van der Waals surface area contributed by atoms with Crippen LogP contribution in [0.3, 0.4) is 0 Å². The SMILES string of the molecule is CC(C)(N)C(O)COc1cccnc1N. The third kappa shape index (κ3) is 3.38. The van der Waals surface area contributed by atoms with E-state index in [1.54, 1.807) is 32.2 Å². The Bertz CT molecular complexity index is 323. The minimum absolute atomic E-state index is 0.0966. The van der Waals surface area contributed by atoms with Gasteiger partial charge in [0.15, 0.2) is 11.6 Å². The van der Waals surface area contributed by atoms with Crippen LogP contribution < -0.4 is 16.2 Å². The molecule has 0 amide bonds. The monoisotopic (exact) mass is 211 g/mol. The second kappa shape index (κ2) is 4.46. The summed E-state index contributed by atoms with van der Waals surface area (Å²) < 4.78 is 5.31. The lowest BCUT2D eigenvalue weighted by Crippen LogP contribution is -2.48. The Labute approximate surface area is 89.1 Å². The Morgan fingerprint density at radius 2 is 2.27 bits per heavy atom. The summed E-state index contributed by atoms with van der Waals surface area (Å²) in [5.74, 6) is 0.764. The molecule has 0 saturated heterocycles. The van der Waals surface area contributed by atoms with Crippen LogP contribution in [0.25, 0.3) is 0 Å². The van der Waals surface area contributed by atoms with Crippen molar-refractivity contribution < 1.29 is 9.84 Å². The van der Waals surface area contributed by atoms with Crippen molar-refractivity contribution in [2.75, 3.05) is 12.3 Å². The maximum atomic E-state index is 9.63. The molecule has 0 aliphatic rings. The van der Waals surface area contributed by atoms with Crippen molar-refractivity contribution >= 4 is 5.82 Å². The van der Waals surface area contributed by atoms with Crippen LogP contribution >= 0.6 is 0 Å². The van der Waals surface area contributed by atoms with Crippen molar-refractivity contribution in [1.29, 1.82) is 0 Å². The summed E-state index contributed by atoms with van der Waals surface area (Å²) in [6.07, 6.45) is 0.822. The number of anilines is 1. The summed E-state index contributed by atoms with van der Waals surface area (Å²) in [6.45, 7) is 3.56. The Balaban J connectivity index is 2.55. The van der Waals surface area contributed by atoms with E-state index in [4.69, 9.17) is 16.2 Å². The van der Waals surface area contributed by atoms with Crippen LogP contribution in [0.4, 0.5) is 5.82 Å². The summed E-state index contributed by atoms with van der Waals surface area (Å²) in [5, 5.41) is 9.63. The molecule has 0 saturated carbocycles. The molecule has 1 unspecified atom stereocenters. The largest absolute Gasteiger partial charge is 0.487 e. The van der Waals surface area contributed by atoms with Crippen LogP contribution in [-0.2, 0) is 0 Å². The molecule has 0 aliphatic carbocycles. The molecule has 0 aliphatic heterocycles. The number of hydrogen-bond acceptors (Lipinski definition) is 5. The highest BCUT2D eigenvalue weighted by Gasteiger charge is 2.23. The first-order valence-electron chi connectivity index (χ1n) is 4.71. The summed E-state index contributed by atoms with van der Waals surface area (Å²) in [5.41, 5.74) is 10.6. The molecule has 84 valence electrons. The lowest BCUT2D eigenvalue weighted by Gasteiger charge is -2.25. The van der Waals surface area contributed by atoms with Crippen molar-refractivity contribution in [1.82, 2.24) is 4.98 Å². The van der Waals surface area contributed by atoms with Crippen molar-refractivity contribution in [3.05, 3.63) is 18.3 Å². The Morgan fingerprint density at radius 1 is 1.60 bits per heavy atom. The number of aliphatic hydroxyl groups is 1. The van der Waals surface area contributed by atoms with Gasteiger partial charge in [0.1, 0.15) is 12.7 Å². The van der Waals surface area contributed by atoms with Crippen LogP contribution in [0, 0.1) is 0 Å². The van der Waals surface area contributed by atoms with E-state index in [0.717, 1.165) is 0 Å². The van der Waals surface area contributed by atoms with Crippen molar-refractivity contribution in [3.63, 3.8) is 0 Å². The van der Waals surface area contributed by atoms with Gasteiger partial charge in [-0.2, -0.15) is 0 Å². The van der Waals surface area contributed by atoms with E-state index >= 15 is 0 Å². The molecule has 1 aromatic heterocycles. The highest BCUT2D eigenvalue weighted by Crippen LogP contribution is 2.17. The summed E-state index contributed by atoms with van der Waals surface area (Å²) in [6, 6.07) is 3.41. The van der Waals surface area contributed by atoms with Crippen LogP contribution in [0.5, 0.6) is 5.75 Å². The molecule has 1 rings (SSSR count). The van der Waals surface area contributed by atoms with Gasteiger partial charge in [0.2, 0.25) is 0 Å².